The Kier molecular flexibility index (Phi) is 7.87. The first-order chi connectivity index (χ1) is 10.5. The van der Waals surface area contributed by atoms with Crippen molar-refractivity contribution in [3.05, 3.63) is 29.8 Å². The molecule has 0 aliphatic carbocycles. The van der Waals surface area contributed by atoms with Gasteiger partial charge in [0.1, 0.15) is 6.54 Å². The molecule has 1 rings (SSSR count). The van der Waals surface area contributed by atoms with Gasteiger partial charge >= 0.3 is 5.97 Å². The molecule has 1 aromatic carbocycles. The summed E-state index contributed by atoms with van der Waals surface area (Å²) in [5.41, 5.74) is 0. The molecule has 0 spiro atoms. The first kappa shape index (κ1) is 18.4. The standard InChI is InChI=1S/C15H19F2NO3S/c1-3-7-18(9-15(20)21-4-2)14(19)10-22-11-5-6-12(16)13(17)8-11/h5-6,8H,3-4,7,9-10H2,1-2H3. The van der Waals surface area contributed by atoms with E-state index >= 15 is 0 Å². The summed E-state index contributed by atoms with van der Waals surface area (Å²) in [7, 11) is 0. The van der Waals surface area contributed by atoms with Crippen molar-refractivity contribution in [1.82, 2.24) is 4.90 Å². The van der Waals surface area contributed by atoms with Crippen molar-refractivity contribution in [3.63, 3.8) is 0 Å². The highest BCUT2D eigenvalue weighted by atomic mass is 32.2. The van der Waals surface area contributed by atoms with Gasteiger partial charge in [0.05, 0.1) is 12.4 Å². The molecule has 122 valence electrons. The van der Waals surface area contributed by atoms with Crippen LogP contribution in [0.5, 0.6) is 0 Å². The lowest BCUT2D eigenvalue weighted by atomic mass is 10.3. The van der Waals surface area contributed by atoms with Gasteiger partial charge in [-0.2, -0.15) is 0 Å². The van der Waals surface area contributed by atoms with Crippen LogP contribution in [0.2, 0.25) is 0 Å². The van der Waals surface area contributed by atoms with E-state index in [-0.39, 0.29) is 24.8 Å². The van der Waals surface area contributed by atoms with E-state index in [1.807, 2.05) is 6.92 Å². The van der Waals surface area contributed by atoms with Crippen LogP contribution in [0.3, 0.4) is 0 Å². The largest absolute Gasteiger partial charge is 0.465 e. The molecule has 0 radical (unpaired) electrons. The highest BCUT2D eigenvalue weighted by Crippen LogP contribution is 2.20. The number of rotatable bonds is 8. The summed E-state index contributed by atoms with van der Waals surface area (Å²) >= 11 is 1.10. The first-order valence-corrected chi connectivity index (χ1v) is 7.97. The number of benzene rings is 1. The number of ether oxygens (including phenoxy) is 1. The third-order valence-corrected chi connectivity index (χ3v) is 3.70. The molecule has 0 saturated carbocycles. The van der Waals surface area contributed by atoms with E-state index < -0.39 is 17.6 Å². The summed E-state index contributed by atoms with van der Waals surface area (Å²) in [5, 5.41) is 0. The number of carbonyl (C=O) groups excluding carboxylic acids is 2. The minimum Gasteiger partial charge on any atom is -0.465 e. The maximum absolute atomic E-state index is 13.1. The van der Waals surface area contributed by atoms with Crippen molar-refractivity contribution in [2.75, 3.05) is 25.4 Å². The van der Waals surface area contributed by atoms with Crippen LogP contribution in [0.15, 0.2) is 23.1 Å². The summed E-state index contributed by atoms with van der Waals surface area (Å²) in [4.78, 5) is 25.5. The number of nitrogens with zero attached hydrogens (tertiary/aromatic N) is 1. The van der Waals surface area contributed by atoms with Crippen molar-refractivity contribution in [1.29, 1.82) is 0 Å². The predicted octanol–water partition coefficient (Wildman–Crippen LogP) is 2.86. The van der Waals surface area contributed by atoms with Gasteiger partial charge < -0.3 is 9.64 Å². The Morgan fingerprint density at radius 1 is 1.23 bits per heavy atom. The van der Waals surface area contributed by atoms with Crippen molar-refractivity contribution >= 4 is 23.6 Å². The van der Waals surface area contributed by atoms with Gasteiger partial charge in [0.25, 0.3) is 0 Å². The smallest absolute Gasteiger partial charge is 0.325 e. The molecule has 0 bridgehead atoms. The molecule has 0 aliphatic rings. The quantitative estimate of drug-likeness (QED) is 0.543. The summed E-state index contributed by atoms with van der Waals surface area (Å²) in [6.45, 7) is 4.20. The van der Waals surface area contributed by atoms with E-state index in [9.17, 15) is 18.4 Å². The van der Waals surface area contributed by atoms with Gasteiger partial charge in [-0.15, -0.1) is 11.8 Å². The topological polar surface area (TPSA) is 46.6 Å². The lowest BCUT2D eigenvalue weighted by Gasteiger charge is -2.20. The molecule has 0 N–H and O–H groups in total. The predicted molar refractivity (Wildman–Crippen MR) is 80.6 cm³/mol. The van der Waals surface area contributed by atoms with Gasteiger partial charge in [0, 0.05) is 11.4 Å². The summed E-state index contributed by atoms with van der Waals surface area (Å²) in [5.74, 6) is -2.53. The molecule has 0 saturated heterocycles. The third-order valence-electron chi connectivity index (χ3n) is 2.72. The molecule has 0 aromatic heterocycles. The average molecular weight is 331 g/mol. The van der Waals surface area contributed by atoms with E-state index in [0.29, 0.717) is 17.9 Å². The minimum atomic E-state index is -0.950. The van der Waals surface area contributed by atoms with Crippen LogP contribution in [0, 0.1) is 11.6 Å². The third kappa shape index (κ3) is 6.01. The van der Waals surface area contributed by atoms with Crippen LogP contribution >= 0.6 is 11.8 Å². The molecule has 22 heavy (non-hydrogen) atoms. The Bertz CT molecular complexity index is 526. The van der Waals surface area contributed by atoms with Crippen LogP contribution in [-0.2, 0) is 14.3 Å². The molecule has 1 amide bonds. The number of hydrogen-bond donors (Lipinski definition) is 0. The van der Waals surface area contributed by atoms with Gasteiger partial charge in [0.2, 0.25) is 5.91 Å². The van der Waals surface area contributed by atoms with Gasteiger partial charge in [0.15, 0.2) is 11.6 Å². The van der Waals surface area contributed by atoms with E-state index in [2.05, 4.69) is 0 Å². The lowest BCUT2D eigenvalue weighted by Crippen LogP contribution is -2.38. The number of amides is 1. The van der Waals surface area contributed by atoms with E-state index in [0.717, 1.165) is 23.9 Å². The van der Waals surface area contributed by atoms with Crippen molar-refractivity contribution in [2.24, 2.45) is 0 Å². The van der Waals surface area contributed by atoms with Gasteiger partial charge in [-0.1, -0.05) is 6.92 Å². The number of carbonyl (C=O) groups is 2. The van der Waals surface area contributed by atoms with Gasteiger partial charge in [-0.25, -0.2) is 8.78 Å². The first-order valence-electron chi connectivity index (χ1n) is 6.99. The van der Waals surface area contributed by atoms with Gasteiger partial charge in [-0.3, -0.25) is 9.59 Å². The second-order valence-corrected chi connectivity index (χ2v) is 5.53. The fourth-order valence-corrected chi connectivity index (χ4v) is 2.55. The zero-order valence-corrected chi connectivity index (χ0v) is 13.4. The number of esters is 1. The second kappa shape index (κ2) is 9.40. The Morgan fingerprint density at radius 3 is 2.55 bits per heavy atom. The zero-order valence-electron chi connectivity index (χ0n) is 12.6. The summed E-state index contributed by atoms with van der Waals surface area (Å²) in [6, 6.07) is 3.47. The van der Waals surface area contributed by atoms with Crippen LogP contribution in [0.25, 0.3) is 0 Å². The molecule has 0 aliphatic heterocycles. The monoisotopic (exact) mass is 331 g/mol. The van der Waals surface area contributed by atoms with Crippen molar-refractivity contribution < 1.29 is 23.1 Å². The molecule has 1 aromatic rings. The summed E-state index contributed by atoms with van der Waals surface area (Å²) in [6.07, 6.45) is 0.709. The number of hydrogen-bond acceptors (Lipinski definition) is 4. The minimum absolute atomic E-state index is 0.0461. The van der Waals surface area contributed by atoms with Crippen LogP contribution in [-0.4, -0.2) is 42.2 Å². The Balaban J connectivity index is 2.58. The van der Waals surface area contributed by atoms with Crippen molar-refractivity contribution in [2.45, 2.75) is 25.2 Å². The molecule has 0 atom stereocenters. The molecule has 7 heteroatoms. The molecular formula is C15H19F2NO3S. The molecular weight excluding hydrogens is 312 g/mol. The lowest BCUT2D eigenvalue weighted by molar-refractivity contribution is -0.148. The fraction of sp³-hybridized carbons (Fsp3) is 0.467. The van der Waals surface area contributed by atoms with Crippen molar-refractivity contribution in [3.8, 4) is 0 Å². The molecule has 0 fully saturated rings. The number of halogens is 2. The second-order valence-electron chi connectivity index (χ2n) is 4.48. The SMILES string of the molecule is CCCN(CC(=O)OCC)C(=O)CSc1ccc(F)c(F)c1. The normalized spacial score (nSPS) is 10.4. The number of thioether (sulfide) groups is 1. The molecule has 0 heterocycles. The van der Waals surface area contributed by atoms with E-state index in [1.54, 1.807) is 6.92 Å². The van der Waals surface area contributed by atoms with E-state index in [4.69, 9.17) is 4.74 Å². The highest BCUT2D eigenvalue weighted by molar-refractivity contribution is 8.00. The Morgan fingerprint density at radius 2 is 1.95 bits per heavy atom. The Labute approximate surface area is 132 Å². The maximum atomic E-state index is 13.1. The highest BCUT2D eigenvalue weighted by Gasteiger charge is 2.17. The molecule has 0 unspecified atom stereocenters. The van der Waals surface area contributed by atoms with Gasteiger partial charge in [-0.05, 0) is 31.5 Å². The van der Waals surface area contributed by atoms with E-state index in [1.165, 1.54) is 11.0 Å². The fourth-order valence-electron chi connectivity index (χ4n) is 1.73. The van der Waals surface area contributed by atoms with Crippen LogP contribution in [0.4, 0.5) is 8.78 Å². The Hall–Kier alpha value is -1.63. The molecule has 4 nitrogen and oxygen atoms in total. The summed E-state index contributed by atoms with van der Waals surface area (Å²) < 4.78 is 30.8. The maximum Gasteiger partial charge on any atom is 0.325 e. The van der Waals surface area contributed by atoms with Crippen LogP contribution in [0.1, 0.15) is 20.3 Å². The zero-order chi connectivity index (χ0) is 16.5. The average Bonchev–Trinajstić information content (AvgIpc) is 2.48. The van der Waals surface area contributed by atoms with Crippen LogP contribution < -0.4 is 0 Å².